The smallest absolute Gasteiger partial charge is 0.242 e. The van der Waals surface area contributed by atoms with Gasteiger partial charge in [0.05, 0.1) is 34.7 Å². The van der Waals surface area contributed by atoms with Crippen molar-refractivity contribution in [1.82, 2.24) is 13.9 Å². The fraction of sp³-hybridized carbons (Fsp3) is 0.333. The molecule has 0 radical (unpaired) electrons. The second kappa shape index (κ2) is 8.73. The zero-order chi connectivity index (χ0) is 21.9. The van der Waals surface area contributed by atoms with Crippen molar-refractivity contribution in [3.05, 3.63) is 47.8 Å². The Morgan fingerprint density at radius 2 is 1.93 bits per heavy atom. The molecule has 0 fully saturated rings. The van der Waals surface area contributed by atoms with E-state index in [0.717, 1.165) is 18.5 Å². The maximum absolute atomic E-state index is 12.5. The van der Waals surface area contributed by atoms with Gasteiger partial charge in [0.25, 0.3) is 0 Å². The van der Waals surface area contributed by atoms with E-state index in [4.69, 9.17) is 14.7 Å². The maximum Gasteiger partial charge on any atom is 0.242 e. The second-order valence-electron chi connectivity index (χ2n) is 6.88. The van der Waals surface area contributed by atoms with Gasteiger partial charge in [0.1, 0.15) is 12.4 Å². The highest BCUT2D eigenvalue weighted by molar-refractivity contribution is 7.89. The third kappa shape index (κ3) is 4.10. The lowest BCUT2D eigenvalue weighted by Gasteiger charge is -2.12. The molecule has 8 nitrogen and oxygen atoms in total. The van der Waals surface area contributed by atoms with Gasteiger partial charge >= 0.3 is 0 Å². The van der Waals surface area contributed by atoms with Gasteiger partial charge in [0.15, 0.2) is 11.5 Å². The summed E-state index contributed by atoms with van der Waals surface area (Å²) in [5.41, 5.74) is 1.92. The summed E-state index contributed by atoms with van der Waals surface area (Å²) >= 11 is 0. The van der Waals surface area contributed by atoms with Crippen LogP contribution in [0.2, 0.25) is 0 Å². The summed E-state index contributed by atoms with van der Waals surface area (Å²) in [7, 11) is 0.970. The minimum Gasteiger partial charge on any atom is -0.493 e. The van der Waals surface area contributed by atoms with E-state index in [0.29, 0.717) is 28.4 Å². The molecule has 0 unspecified atom stereocenters. The molecule has 0 saturated carbocycles. The highest BCUT2D eigenvalue weighted by atomic mass is 32.2. The number of ether oxygens (including phenoxy) is 2. The minimum absolute atomic E-state index is 0.173. The van der Waals surface area contributed by atoms with Crippen molar-refractivity contribution >= 4 is 21.1 Å². The van der Waals surface area contributed by atoms with Gasteiger partial charge in [0.2, 0.25) is 10.0 Å². The Morgan fingerprint density at radius 1 is 1.17 bits per heavy atom. The summed E-state index contributed by atoms with van der Waals surface area (Å²) in [5.74, 6) is 1.65. The number of hydrogen-bond acceptors (Lipinski definition) is 6. The Hall–Kier alpha value is -3.09. The van der Waals surface area contributed by atoms with Gasteiger partial charge in [-0.25, -0.2) is 17.7 Å². The summed E-state index contributed by atoms with van der Waals surface area (Å²) < 4.78 is 39.4. The number of imidazole rings is 1. The zero-order valence-corrected chi connectivity index (χ0v) is 18.2. The number of aromatic nitrogens is 2. The number of benzene rings is 2. The molecule has 0 aliphatic rings. The number of methoxy groups -OCH3 is 1. The van der Waals surface area contributed by atoms with Crippen LogP contribution in [0.1, 0.15) is 24.7 Å². The Kier molecular flexibility index (Phi) is 6.29. The molecular weight excluding hydrogens is 404 g/mol. The van der Waals surface area contributed by atoms with Crippen LogP contribution in [0.15, 0.2) is 41.3 Å². The topological polar surface area (TPSA) is 97.5 Å². The van der Waals surface area contributed by atoms with Crippen LogP contribution in [0, 0.1) is 11.3 Å². The van der Waals surface area contributed by atoms with E-state index in [1.807, 2.05) is 4.57 Å². The SMILES string of the molecule is CCCn1c(COc2ccc(C#N)cc2OC)nc2cc(S(=O)(=O)N(C)C)ccc21. The monoisotopic (exact) mass is 428 g/mol. The first-order chi connectivity index (χ1) is 14.3. The van der Waals surface area contributed by atoms with Crippen molar-refractivity contribution in [2.45, 2.75) is 31.4 Å². The molecule has 0 aliphatic heterocycles. The predicted octanol–water partition coefficient (Wildman–Crippen LogP) is 3.16. The highest BCUT2D eigenvalue weighted by Crippen LogP contribution is 2.29. The largest absolute Gasteiger partial charge is 0.493 e. The van der Waals surface area contributed by atoms with E-state index in [1.54, 1.807) is 36.4 Å². The molecular formula is C21H24N4O4S. The number of rotatable bonds is 8. The van der Waals surface area contributed by atoms with E-state index >= 15 is 0 Å². The van der Waals surface area contributed by atoms with Crippen LogP contribution in [-0.4, -0.2) is 43.5 Å². The Morgan fingerprint density at radius 3 is 2.57 bits per heavy atom. The van der Waals surface area contributed by atoms with Crippen molar-refractivity contribution < 1.29 is 17.9 Å². The van der Waals surface area contributed by atoms with Crippen molar-refractivity contribution in [1.29, 1.82) is 5.26 Å². The van der Waals surface area contributed by atoms with Gasteiger partial charge in [-0.05, 0) is 36.8 Å². The fourth-order valence-electron chi connectivity index (χ4n) is 3.11. The average Bonchev–Trinajstić information content (AvgIpc) is 3.08. The minimum atomic E-state index is -3.55. The highest BCUT2D eigenvalue weighted by Gasteiger charge is 2.20. The summed E-state index contributed by atoms with van der Waals surface area (Å²) in [6.45, 7) is 2.96. The van der Waals surface area contributed by atoms with Crippen LogP contribution < -0.4 is 9.47 Å². The second-order valence-corrected chi connectivity index (χ2v) is 9.04. The first-order valence-corrected chi connectivity index (χ1v) is 10.9. The summed E-state index contributed by atoms with van der Waals surface area (Å²) in [6.07, 6.45) is 0.885. The molecule has 0 atom stereocenters. The van der Waals surface area contributed by atoms with E-state index in [9.17, 15) is 8.42 Å². The summed E-state index contributed by atoms with van der Waals surface area (Å²) in [4.78, 5) is 4.83. The average molecular weight is 429 g/mol. The third-order valence-electron chi connectivity index (χ3n) is 4.67. The number of sulfonamides is 1. The molecule has 3 rings (SSSR count). The summed E-state index contributed by atoms with van der Waals surface area (Å²) in [6, 6.07) is 12.0. The van der Waals surface area contributed by atoms with Crippen molar-refractivity contribution in [3.63, 3.8) is 0 Å². The van der Waals surface area contributed by atoms with Crippen LogP contribution in [-0.2, 0) is 23.2 Å². The van der Waals surface area contributed by atoms with Crippen LogP contribution >= 0.6 is 0 Å². The van der Waals surface area contributed by atoms with Crippen molar-refractivity contribution in [2.75, 3.05) is 21.2 Å². The lowest BCUT2D eigenvalue weighted by molar-refractivity contribution is 0.272. The van der Waals surface area contributed by atoms with Gasteiger partial charge in [-0.1, -0.05) is 6.92 Å². The van der Waals surface area contributed by atoms with Crippen LogP contribution in [0.5, 0.6) is 11.5 Å². The normalized spacial score (nSPS) is 11.6. The van der Waals surface area contributed by atoms with E-state index in [1.165, 1.54) is 25.5 Å². The number of aryl methyl sites for hydroxylation is 1. The van der Waals surface area contributed by atoms with E-state index < -0.39 is 10.0 Å². The molecule has 158 valence electrons. The van der Waals surface area contributed by atoms with E-state index in [2.05, 4.69) is 18.0 Å². The van der Waals surface area contributed by atoms with Gasteiger partial charge in [-0.3, -0.25) is 0 Å². The molecule has 1 heterocycles. The first-order valence-electron chi connectivity index (χ1n) is 9.44. The zero-order valence-electron chi connectivity index (χ0n) is 17.4. The molecule has 0 amide bonds. The Bertz CT molecular complexity index is 1210. The molecule has 0 saturated heterocycles. The molecule has 3 aromatic rings. The molecule has 2 aromatic carbocycles. The fourth-order valence-corrected chi connectivity index (χ4v) is 4.03. The molecule has 30 heavy (non-hydrogen) atoms. The molecule has 0 aliphatic carbocycles. The first kappa shape index (κ1) is 21.6. The lowest BCUT2D eigenvalue weighted by Crippen LogP contribution is -2.22. The Balaban J connectivity index is 1.97. The Labute approximate surface area is 176 Å². The number of nitrogens with zero attached hydrogens (tertiary/aromatic N) is 4. The van der Waals surface area contributed by atoms with Gasteiger partial charge < -0.3 is 14.0 Å². The number of nitriles is 1. The predicted molar refractivity (Wildman–Crippen MR) is 113 cm³/mol. The van der Waals surface area contributed by atoms with Crippen molar-refractivity contribution in [3.8, 4) is 17.6 Å². The maximum atomic E-state index is 12.5. The molecule has 0 N–H and O–H groups in total. The van der Waals surface area contributed by atoms with Crippen molar-refractivity contribution in [2.24, 2.45) is 0 Å². The summed E-state index contributed by atoms with van der Waals surface area (Å²) in [5, 5.41) is 9.04. The number of hydrogen-bond donors (Lipinski definition) is 0. The van der Waals surface area contributed by atoms with Crippen LogP contribution in [0.25, 0.3) is 11.0 Å². The molecule has 0 spiro atoms. The third-order valence-corrected chi connectivity index (χ3v) is 6.49. The van der Waals surface area contributed by atoms with E-state index in [-0.39, 0.29) is 11.5 Å². The lowest BCUT2D eigenvalue weighted by atomic mass is 10.2. The van der Waals surface area contributed by atoms with Crippen LogP contribution in [0.4, 0.5) is 0 Å². The van der Waals surface area contributed by atoms with Crippen LogP contribution in [0.3, 0.4) is 0 Å². The van der Waals surface area contributed by atoms with Gasteiger partial charge in [-0.2, -0.15) is 5.26 Å². The number of fused-ring (bicyclic) bond motifs is 1. The van der Waals surface area contributed by atoms with Gasteiger partial charge in [0, 0.05) is 26.7 Å². The molecule has 1 aromatic heterocycles. The molecule has 0 bridgehead atoms. The standard InChI is InChI=1S/C21H24N4O4S/c1-5-10-25-18-8-7-16(30(26,27)24(2)3)12-17(18)23-21(25)14-29-19-9-6-15(13-22)11-20(19)28-4/h6-9,11-12H,5,10,14H2,1-4H3. The quantitative estimate of drug-likeness (QED) is 0.547. The molecule has 9 heteroatoms. The van der Waals surface area contributed by atoms with Gasteiger partial charge in [-0.15, -0.1) is 0 Å².